The molecule has 0 amide bonds. The molecule has 0 bridgehead atoms. The van der Waals surface area contributed by atoms with E-state index in [1.165, 1.54) is 0 Å². The Morgan fingerprint density at radius 3 is 0.444 bits per heavy atom. The fraction of sp³-hybridized carbons (Fsp3) is 1.00. The maximum atomic E-state index is 2.74. The first kappa shape index (κ1) is 38.9. The first-order valence-electron chi connectivity index (χ1n) is 19.4. The third kappa shape index (κ3) is 4.73. The Kier molecular flexibility index (Phi) is 8.37. The van der Waals surface area contributed by atoms with Gasteiger partial charge in [0.1, 0.15) is 0 Å². The minimum atomic E-state index is -1.83. The molecule has 5 heteroatoms. The van der Waals surface area contributed by atoms with Crippen molar-refractivity contribution in [2.45, 2.75) is 251 Å². The highest BCUT2D eigenvalue weighted by Gasteiger charge is 2.93. The number of hydrogen-bond acceptors (Lipinski definition) is 0. The van der Waals surface area contributed by atoms with Gasteiger partial charge in [-0.05, 0) is 40.3 Å². The van der Waals surface area contributed by atoms with Crippen molar-refractivity contribution in [3.63, 3.8) is 0 Å². The summed E-state index contributed by atoms with van der Waals surface area (Å²) in [6, 6.07) is 6.75. The van der Waals surface area contributed by atoms with Crippen LogP contribution < -0.4 is 0 Å². The first-order valence-corrected chi connectivity index (χ1v) is 30.8. The van der Waals surface area contributed by atoms with Gasteiger partial charge in [-0.2, -0.15) is 0 Å². The molecule has 0 aromatic heterocycles. The van der Waals surface area contributed by atoms with Crippen molar-refractivity contribution >= 4 is 40.4 Å². The van der Waals surface area contributed by atoms with E-state index in [4.69, 9.17) is 0 Å². The van der Waals surface area contributed by atoms with Gasteiger partial charge < -0.3 is 0 Å². The van der Waals surface area contributed by atoms with Gasteiger partial charge in [-0.25, -0.2) is 0 Å². The highest BCUT2D eigenvalue weighted by Crippen LogP contribution is 2.94. The molecule has 264 valence electrons. The van der Waals surface area contributed by atoms with E-state index < -0.39 is 40.4 Å². The Bertz CT molecular complexity index is 923. The smallest absolute Gasteiger partial charge is 0.0625 e. The molecular weight excluding hydrogens is 621 g/mol. The van der Waals surface area contributed by atoms with Crippen molar-refractivity contribution < 1.29 is 0 Å². The Labute approximate surface area is 290 Å². The molecule has 0 unspecified atom stereocenters. The SMILES string of the molecule is CC(C)(C)[Si]1(C(C)(C)C)C[C@@H]1[Si]([C@H]1C[Si]1(C(C)(C)C)C(C)(C)C)([C@@H]1C[Si]1(C(C)(C)C)C(C)(C)C)[C@@H]1C[Si]1(C(C)(C)C)C(C)(C)C. The van der Waals surface area contributed by atoms with E-state index in [0.717, 1.165) is 20.7 Å². The lowest BCUT2D eigenvalue weighted by molar-refractivity contribution is 0.631. The summed E-state index contributed by atoms with van der Waals surface area (Å²) in [5.74, 6) is 0. The zero-order valence-corrected chi connectivity index (χ0v) is 40.6. The minimum Gasteiger partial charge on any atom is -0.0625 e. The van der Waals surface area contributed by atoms with E-state index >= 15 is 0 Å². The largest absolute Gasteiger partial charge is 0.0643 e. The third-order valence-electron chi connectivity index (χ3n) is 17.0. The summed E-state index contributed by atoms with van der Waals surface area (Å²) in [4.78, 5) is 0. The highest BCUT2D eigenvalue weighted by molar-refractivity contribution is 7.31. The van der Waals surface area contributed by atoms with Gasteiger partial charge in [0.2, 0.25) is 0 Å². The molecule has 4 aliphatic rings. The Balaban J connectivity index is 2.19. The van der Waals surface area contributed by atoms with Crippen LogP contribution >= 0.6 is 0 Å². The molecule has 0 saturated carbocycles. The van der Waals surface area contributed by atoms with Crippen molar-refractivity contribution in [1.82, 2.24) is 0 Å². The molecule has 0 aromatic rings. The molecule has 4 atom stereocenters. The van der Waals surface area contributed by atoms with Gasteiger partial charge in [0.25, 0.3) is 0 Å². The lowest BCUT2D eigenvalue weighted by Crippen LogP contribution is -2.58. The van der Waals surface area contributed by atoms with Gasteiger partial charge in [0, 0.05) is 0 Å². The van der Waals surface area contributed by atoms with Crippen molar-refractivity contribution in [1.29, 1.82) is 0 Å². The topological polar surface area (TPSA) is 0 Å². The summed E-state index contributed by atoms with van der Waals surface area (Å²) in [6.07, 6.45) is 0. The summed E-state index contributed by atoms with van der Waals surface area (Å²) < 4.78 is 0. The van der Waals surface area contributed by atoms with Crippen LogP contribution in [0.15, 0.2) is 0 Å². The molecule has 4 heterocycles. The molecule has 4 rings (SSSR count). The van der Waals surface area contributed by atoms with Gasteiger partial charge >= 0.3 is 0 Å². The summed E-state index contributed by atoms with van der Waals surface area (Å²) in [6.45, 7) is 65.8. The lowest BCUT2D eigenvalue weighted by Gasteiger charge is -2.54. The zero-order valence-electron chi connectivity index (χ0n) is 35.6. The second-order valence-corrected chi connectivity index (χ2v) is 57.2. The predicted molar refractivity (Wildman–Crippen MR) is 221 cm³/mol. The standard InChI is InChI=1S/C40H84Si5/c1-33(2,3)41(34(4,5)6)25-29(41)45(30-26-42(30,35(7,8)9)36(10,11)12,31-27-43(31,37(13,14)15)38(16,17)18)32-28-44(32,39(19,20)21)40(22,23)24/h29-32H,25-28H2,1-24H3/t29-,30-,31+,32+. The molecule has 4 saturated heterocycles. The van der Waals surface area contributed by atoms with Crippen LogP contribution in [-0.2, 0) is 0 Å². The molecule has 4 fully saturated rings. The van der Waals surface area contributed by atoms with Crippen LogP contribution in [0, 0.1) is 0 Å². The monoisotopic (exact) mass is 705 g/mol. The zero-order chi connectivity index (χ0) is 35.6. The molecule has 0 nitrogen and oxygen atoms in total. The average molecular weight is 706 g/mol. The molecule has 4 aliphatic heterocycles. The summed E-state index contributed by atoms with van der Waals surface area (Å²) >= 11 is 0. The van der Waals surface area contributed by atoms with Gasteiger partial charge in [0.05, 0.1) is 40.4 Å². The quantitative estimate of drug-likeness (QED) is 0.256. The van der Waals surface area contributed by atoms with E-state index in [2.05, 4.69) is 166 Å². The molecule has 45 heavy (non-hydrogen) atoms. The molecule has 0 N–H and O–H groups in total. The van der Waals surface area contributed by atoms with E-state index in [9.17, 15) is 0 Å². The summed E-state index contributed by atoms with van der Waals surface area (Å²) in [5, 5.41) is 8.52. The number of rotatable bonds is 4. The molecule has 0 aliphatic carbocycles. The summed E-state index contributed by atoms with van der Waals surface area (Å²) in [5.41, 5.74) is 0. The predicted octanol–water partition coefficient (Wildman–Crippen LogP) is 15.3. The van der Waals surface area contributed by atoms with Crippen LogP contribution in [0.5, 0.6) is 0 Å². The fourth-order valence-electron chi connectivity index (χ4n) is 16.1. The maximum absolute atomic E-state index is 2.74. The normalized spacial score (nSPS) is 31.5. The third-order valence-corrected chi connectivity index (χ3v) is 65.3. The molecule has 0 aromatic carbocycles. The molecule has 0 radical (unpaired) electrons. The highest BCUT2D eigenvalue weighted by atomic mass is 28.5. The van der Waals surface area contributed by atoms with Crippen molar-refractivity contribution in [2.24, 2.45) is 0 Å². The van der Waals surface area contributed by atoms with Crippen LogP contribution in [-0.4, -0.2) is 40.4 Å². The van der Waals surface area contributed by atoms with Gasteiger partial charge in [-0.3, -0.25) is 0 Å². The van der Waals surface area contributed by atoms with Crippen molar-refractivity contribution in [3.05, 3.63) is 0 Å². The Morgan fingerprint density at radius 2 is 0.378 bits per heavy atom. The number of hydrogen-bond donors (Lipinski definition) is 0. The van der Waals surface area contributed by atoms with E-state index in [0.29, 0.717) is 40.3 Å². The van der Waals surface area contributed by atoms with Crippen molar-refractivity contribution in [2.75, 3.05) is 0 Å². The van der Waals surface area contributed by atoms with Crippen LogP contribution in [0.4, 0.5) is 0 Å². The lowest BCUT2D eigenvalue weighted by atomic mass is 10.2. The fourth-order valence-corrected chi connectivity index (χ4v) is 89.6. The van der Waals surface area contributed by atoms with E-state index in [1.807, 2.05) is 0 Å². The van der Waals surface area contributed by atoms with Gasteiger partial charge in [-0.15, -0.1) is 0 Å². The van der Waals surface area contributed by atoms with Gasteiger partial charge in [-0.1, -0.05) is 211 Å². The van der Waals surface area contributed by atoms with Gasteiger partial charge in [0.15, 0.2) is 0 Å². The van der Waals surface area contributed by atoms with E-state index in [-0.39, 0.29) is 0 Å². The Morgan fingerprint density at radius 1 is 0.267 bits per heavy atom. The van der Waals surface area contributed by atoms with Crippen LogP contribution in [0.1, 0.15) is 166 Å². The van der Waals surface area contributed by atoms with Crippen LogP contribution in [0.2, 0.25) is 85.1 Å². The van der Waals surface area contributed by atoms with Crippen molar-refractivity contribution in [3.8, 4) is 0 Å². The first-order chi connectivity index (χ1) is 19.4. The summed E-state index contributed by atoms with van der Waals surface area (Å²) in [7, 11) is -8.25. The van der Waals surface area contributed by atoms with E-state index in [1.54, 1.807) is 24.2 Å². The maximum Gasteiger partial charge on any atom is 0.0643 e. The Hall–Kier alpha value is 1.08. The molecular formula is C40H84Si5. The van der Waals surface area contributed by atoms with Crippen LogP contribution in [0.25, 0.3) is 0 Å². The van der Waals surface area contributed by atoms with Crippen LogP contribution in [0.3, 0.4) is 0 Å². The molecule has 0 spiro atoms. The minimum absolute atomic E-state index is 0.488. The average Bonchev–Trinajstić information content (AvgIpc) is 3.53. The second-order valence-electron chi connectivity index (χ2n) is 25.9. The second kappa shape index (κ2) is 9.69.